The summed E-state index contributed by atoms with van der Waals surface area (Å²) in [5.41, 5.74) is 5.85. The average molecular weight is 374 g/mol. The molecule has 5 nitrogen and oxygen atoms in total. The van der Waals surface area contributed by atoms with E-state index >= 15 is 0 Å². The quantitative estimate of drug-likeness (QED) is 0.494. The lowest BCUT2D eigenvalue weighted by molar-refractivity contribution is -0.581. The van der Waals surface area contributed by atoms with E-state index < -0.39 is 0 Å². The summed E-state index contributed by atoms with van der Waals surface area (Å²) in [4.78, 5) is 11.5. The topological polar surface area (TPSA) is 37.3 Å². The Kier molecular flexibility index (Phi) is 4.67. The number of imidazole rings is 1. The molecule has 0 bridgehead atoms. The highest BCUT2D eigenvalue weighted by Crippen LogP contribution is 2.37. The van der Waals surface area contributed by atoms with Crippen LogP contribution in [0.15, 0.2) is 54.0 Å². The van der Waals surface area contributed by atoms with E-state index in [4.69, 9.17) is 4.99 Å². The van der Waals surface area contributed by atoms with Crippen LogP contribution < -0.4 is 9.47 Å². The molecule has 0 saturated heterocycles. The highest BCUT2D eigenvalue weighted by atomic mass is 15.3. The molecule has 0 unspecified atom stereocenters. The van der Waals surface area contributed by atoms with Gasteiger partial charge in [-0.2, -0.15) is 4.99 Å². The summed E-state index contributed by atoms with van der Waals surface area (Å²) in [7, 11) is 2.06. The molecule has 3 heterocycles. The molecule has 0 fully saturated rings. The average Bonchev–Trinajstić information content (AvgIpc) is 3.04. The van der Waals surface area contributed by atoms with Crippen molar-refractivity contribution in [2.45, 2.75) is 39.5 Å². The molecule has 0 spiro atoms. The number of hydrogen-bond donors (Lipinski definition) is 0. The standard InChI is InChI=1S/C23H27N5/c1-16(2)19-11-24-12-20(17(3)4)22(19)27-13-21-23(25-14-27)28(15-26(21)5)18-9-7-6-8-10-18/h6-17H,1-5H3. The molecule has 0 radical (unpaired) electrons. The van der Waals surface area contributed by atoms with Crippen LogP contribution in [-0.4, -0.2) is 15.9 Å². The van der Waals surface area contributed by atoms with Gasteiger partial charge in [0.1, 0.15) is 6.34 Å². The summed E-state index contributed by atoms with van der Waals surface area (Å²) in [6.45, 7) is 11.0. The van der Waals surface area contributed by atoms with Gasteiger partial charge in [0.25, 0.3) is 0 Å². The Bertz CT molecular complexity index is 989. The van der Waals surface area contributed by atoms with Gasteiger partial charge in [-0.3, -0.25) is 14.1 Å². The molecular weight excluding hydrogens is 346 g/mol. The van der Waals surface area contributed by atoms with E-state index in [0.717, 1.165) is 17.2 Å². The first kappa shape index (κ1) is 18.3. The lowest BCUT2D eigenvalue weighted by Gasteiger charge is -2.33. The highest BCUT2D eigenvalue weighted by Gasteiger charge is 2.23. The number of fused-ring (bicyclic) bond motifs is 1. The monoisotopic (exact) mass is 373 g/mol. The molecule has 28 heavy (non-hydrogen) atoms. The molecule has 5 heteroatoms. The third-order valence-corrected chi connectivity index (χ3v) is 5.20. The van der Waals surface area contributed by atoms with Crippen molar-refractivity contribution in [3.05, 3.63) is 72.4 Å². The van der Waals surface area contributed by atoms with Crippen LogP contribution in [0.2, 0.25) is 0 Å². The first-order valence-electron chi connectivity index (χ1n) is 9.79. The summed E-state index contributed by atoms with van der Waals surface area (Å²) in [5, 5.41) is 0. The summed E-state index contributed by atoms with van der Waals surface area (Å²) < 4.78 is 4.25. The maximum Gasteiger partial charge on any atom is 0.176 e. The highest BCUT2D eigenvalue weighted by molar-refractivity contribution is 5.88. The molecule has 0 N–H and O–H groups in total. The van der Waals surface area contributed by atoms with Crippen LogP contribution in [0.1, 0.15) is 56.4 Å². The van der Waals surface area contributed by atoms with E-state index in [0.29, 0.717) is 11.8 Å². The number of aryl methyl sites for hydroxylation is 1. The molecular formula is C23H27N5. The number of pyridine rings is 1. The lowest BCUT2D eigenvalue weighted by Crippen LogP contribution is -2.31. The molecule has 4 rings (SSSR count). The largest absolute Gasteiger partial charge is 0.373 e. The molecule has 0 amide bonds. The maximum absolute atomic E-state index is 4.84. The molecule has 0 atom stereocenters. The van der Waals surface area contributed by atoms with Gasteiger partial charge < -0.3 is 4.90 Å². The molecule has 0 aliphatic carbocycles. The number of anilines is 1. The van der Waals surface area contributed by atoms with Crippen molar-refractivity contribution in [1.29, 1.82) is 0 Å². The van der Waals surface area contributed by atoms with Gasteiger partial charge in [0.2, 0.25) is 0 Å². The van der Waals surface area contributed by atoms with Gasteiger partial charge in [-0.25, -0.2) is 0 Å². The number of rotatable bonds is 4. The molecule has 1 aliphatic rings. The first-order chi connectivity index (χ1) is 13.5. The van der Waals surface area contributed by atoms with Crippen molar-refractivity contribution < 1.29 is 4.57 Å². The molecule has 144 valence electrons. The van der Waals surface area contributed by atoms with Crippen LogP contribution in [0, 0.1) is 6.54 Å². The molecule has 2 aromatic heterocycles. The number of hydrogen-bond acceptors (Lipinski definition) is 3. The molecule has 1 aromatic carbocycles. The van der Waals surface area contributed by atoms with Crippen LogP contribution in [0.4, 0.5) is 11.5 Å². The van der Waals surface area contributed by atoms with Crippen LogP contribution in [0.3, 0.4) is 0 Å². The Labute approximate surface area is 167 Å². The Morgan fingerprint density at radius 2 is 1.61 bits per heavy atom. The van der Waals surface area contributed by atoms with E-state index in [-0.39, 0.29) is 0 Å². The van der Waals surface area contributed by atoms with Gasteiger partial charge >= 0.3 is 0 Å². The van der Waals surface area contributed by atoms with Gasteiger partial charge in [-0.05, 0) is 35.1 Å². The van der Waals surface area contributed by atoms with Gasteiger partial charge in [0.05, 0.1) is 12.7 Å². The fourth-order valence-electron chi connectivity index (χ4n) is 3.66. The fourth-order valence-corrected chi connectivity index (χ4v) is 3.66. The predicted octanol–water partition coefficient (Wildman–Crippen LogP) is 4.63. The molecule has 1 aliphatic heterocycles. The van der Waals surface area contributed by atoms with E-state index in [1.807, 2.05) is 36.9 Å². The number of benzene rings is 1. The zero-order valence-corrected chi connectivity index (χ0v) is 17.2. The minimum atomic E-state index is 0.382. The van der Waals surface area contributed by atoms with Crippen molar-refractivity contribution in [3.63, 3.8) is 0 Å². The third-order valence-electron chi connectivity index (χ3n) is 5.20. The second kappa shape index (κ2) is 7.15. The van der Waals surface area contributed by atoms with Crippen LogP contribution in [0.5, 0.6) is 0 Å². The predicted molar refractivity (Wildman–Crippen MR) is 113 cm³/mol. The Balaban J connectivity index is 1.80. The summed E-state index contributed by atoms with van der Waals surface area (Å²) in [5.74, 6) is 1.70. The van der Waals surface area contributed by atoms with Crippen molar-refractivity contribution in [2.75, 3.05) is 4.90 Å². The normalized spacial score (nSPS) is 13.2. The van der Waals surface area contributed by atoms with E-state index in [1.54, 1.807) is 0 Å². The SMILES string of the molecule is CC(C)c1cncc(C(C)C)c1N1C=Nc2c(n(C)c[n+]2-c2ccccc2)[CH-]1. The van der Waals surface area contributed by atoms with Crippen molar-refractivity contribution in [3.8, 4) is 5.69 Å². The fraction of sp³-hybridized carbons (Fsp3) is 0.304. The second-order valence-electron chi connectivity index (χ2n) is 7.90. The number of aliphatic imine (C=N–C) groups is 1. The van der Waals surface area contributed by atoms with Crippen LogP contribution >= 0.6 is 0 Å². The zero-order chi connectivity index (χ0) is 19.8. The summed E-state index contributed by atoms with van der Waals surface area (Å²) in [6.07, 6.45) is 7.97. The summed E-state index contributed by atoms with van der Waals surface area (Å²) >= 11 is 0. The lowest BCUT2D eigenvalue weighted by atomic mass is 9.94. The van der Waals surface area contributed by atoms with Gasteiger partial charge in [0.15, 0.2) is 12.1 Å². The number of nitrogens with zero attached hydrogens (tertiary/aromatic N) is 5. The van der Waals surface area contributed by atoms with E-state index in [1.165, 1.54) is 16.8 Å². The Hall–Kier alpha value is -3.08. The van der Waals surface area contributed by atoms with Crippen molar-refractivity contribution in [2.24, 2.45) is 12.0 Å². The maximum atomic E-state index is 4.84. The van der Waals surface area contributed by atoms with Crippen molar-refractivity contribution >= 4 is 17.8 Å². The third kappa shape index (κ3) is 3.07. The second-order valence-corrected chi connectivity index (χ2v) is 7.90. The van der Waals surface area contributed by atoms with E-state index in [9.17, 15) is 0 Å². The smallest absolute Gasteiger partial charge is 0.176 e. The van der Waals surface area contributed by atoms with Crippen LogP contribution in [0.25, 0.3) is 5.69 Å². The van der Waals surface area contributed by atoms with E-state index in [2.05, 4.69) is 78.8 Å². The summed E-state index contributed by atoms with van der Waals surface area (Å²) in [6, 6.07) is 10.3. The Morgan fingerprint density at radius 1 is 0.964 bits per heavy atom. The van der Waals surface area contributed by atoms with Gasteiger partial charge in [0, 0.05) is 23.8 Å². The molecule has 0 saturated carbocycles. The Morgan fingerprint density at radius 3 is 2.21 bits per heavy atom. The number of para-hydroxylation sites is 1. The van der Waals surface area contributed by atoms with Crippen molar-refractivity contribution in [1.82, 2.24) is 9.55 Å². The minimum Gasteiger partial charge on any atom is -0.373 e. The first-order valence-corrected chi connectivity index (χ1v) is 9.79. The zero-order valence-electron chi connectivity index (χ0n) is 17.2. The number of aromatic nitrogens is 3. The molecule has 3 aromatic rings. The minimum absolute atomic E-state index is 0.382. The van der Waals surface area contributed by atoms with Crippen LogP contribution in [-0.2, 0) is 7.05 Å². The van der Waals surface area contributed by atoms with Gasteiger partial charge in [-0.1, -0.05) is 52.4 Å². The van der Waals surface area contributed by atoms with Gasteiger partial charge in [-0.15, -0.1) is 0 Å².